The second-order valence-electron chi connectivity index (χ2n) is 10.0. The van der Waals surface area contributed by atoms with Crippen LogP contribution in [0.15, 0.2) is 41.3 Å². The number of hydrogen-bond donors (Lipinski definition) is 3. The Labute approximate surface area is 234 Å². The van der Waals surface area contributed by atoms with Gasteiger partial charge in [0.15, 0.2) is 0 Å². The fourth-order valence-electron chi connectivity index (χ4n) is 4.85. The van der Waals surface area contributed by atoms with Crippen LogP contribution in [0, 0.1) is 17.2 Å². The van der Waals surface area contributed by atoms with Gasteiger partial charge in [-0.15, -0.1) is 12.4 Å². The topological polar surface area (TPSA) is 77.4 Å². The van der Waals surface area contributed by atoms with Crippen molar-refractivity contribution in [2.24, 2.45) is 5.92 Å². The summed E-state index contributed by atoms with van der Waals surface area (Å²) in [7, 11) is 0. The van der Waals surface area contributed by atoms with E-state index in [2.05, 4.69) is 10.1 Å². The highest BCUT2D eigenvalue weighted by Gasteiger charge is 2.47. The Morgan fingerprint density at radius 1 is 1.18 bits per heavy atom. The maximum absolute atomic E-state index is 13.5. The van der Waals surface area contributed by atoms with Crippen LogP contribution in [0.25, 0.3) is 0 Å². The summed E-state index contributed by atoms with van der Waals surface area (Å²) < 4.78 is 60.0. The molecule has 2 aliphatic heterocycles. The van der Waals surface area contributed by atoms with Crippen molar-refractivity contribution in [3.63, 3.8) is 0 Å². The molecule has 2 aromatic carbocycles. The van der Waals surface area contributed by atoms with E-state index < -0.39 is 40.6 Å². The molecule has 6 nitrogen and oxygen atoms in total. The first-order chi connectivity index (χ1) is 18.1. The normalized spacial score (nSPS) is 20.4. The second-order valence-corrected chi connectivity index (χ2v) is 11.8. The molecule has 0 bridgehead atoms. The number of aryl methyl sites for hydroxylation is 1. The first-order valence-corrected chi connectivity index (χ1v) is 13.9. The molecule has 2 fully saturated rings. The molecule has 1 atom stereocenters. The summed E-state index contributed by atoms with van der Waals surface area (Å²) in [4.78, 5) is 16.7. The highest BCUT2D eigenvalue weighted by atomic mass is 35.5. The summed E-state index contributed by atoms with van der Waals surface area (Å²) >= 11 is -1.86. The molecular weight excluding hydrogens is 556 g/mol. The average Bonchev–Trinajstić information content (AvgIpc) is 3.13. The highest BCUT2D eigenvalue weighted by molar-refractivity contribution is 8.28. The lowest BCUT2D eigenvalue weighted by Crippen LogP contribution is -2.46. The first-order valence-electron chi connectivity index (χ1n) is 12.6. The zero-order chi connectivity index (χ0) is 27.5. The maximum atomic E-state index is 13.5. The number of carbonyl (C=O) groups is 1. The van der Waals surface area contributed by atoms with E-state index in [1.807, 2.05) is 0 Å². The van der Waals surface area contributed by atoms with Crippen LogP contribution in [0.1, 0.15) is 49.8 Å². The lowest BCUT2D eigenvalue weighted by atomic mass is 9.95. The van der Waals surface area contributed by atoms with Crippen LogP contribution >= 0.6 is 23.5 Å². The second kappa shape index (κ2) is 12.8. The van der Waals surface area contributed by atoms with Gasteiger partial charge in [0.2, 0.25) is 5.12 Å². The lowest BCUT2D eigenvalue weighted by molar-refractivity contribution is -0.138. The molecule has 2 aromatic rings. The van der Waals surface area contributed by atoms with Gasteiger partial charge in [0.25, 0.3) is 0 Å². The van der Waals surface area contributed by atoms with Gasteiger partial charge in [-0.05, 0) is 94.1 Å². The molecule has 0 radical (unpaired) electrons. The number of halogens is 5. The minimum Gasteiger partial charge on any atom is -0.493 e. The van der Waals surface area contributed by atoms with Gasteiger partial charge >= 0.3 is 6.18 Å². The number of nitrogens with zero attached hydrogens (tertiary/aromatic N) is 2. The van der Waals surface area contributed by atoms with Crippen molar-refractivity contribution in [3.05, 3.63) is 53.1 Å². The fraction of sp³-hybridized carbons (Fsp3) is 0.481. The molecule has 2 heterocycles. The number of piperidine rings is 1. The number of hydrazine groups is 1. The SMILES string of the molecule is CC1(C)C(=O)[SH](c2ccc(C#N)c(C(F)(F)F)c2)NN1c1ccc(OCCC2CCNCC2)c(CCF)c1.Cl. The van der Waals surface area contributed by atoms with Crippen LogP contribution in [0.4, 0.5) is 23.2 Å². The van der Waals surface area contributed by atoms with E-state index in [-0.39, 0.29) is 28.8 Å². The van der Waals surface area contributed by atoms with Crippen LogP contribution in [0.3, 0.4) is 0 Å². The van der Waals surface area contributed by atoms with Crippen molar-refractivity contribution in [2.75, 3.05) is 31.4 Å². The van der Waals surface area contributed by atoms with Gasteiger partial charge in [-0.2, -0.15) is 23.3 Å². The van der Waals surface area contributed by atoms with Crippen LogP contribution < -0.4 is 19.9 Å². The number of ether oxygens (including phenoxy) is 1. The Morgan fingerprint density at radius 3 is 2.54 bits per heavy atom. The monoisotopic (exact) mass is 588 g/mol. The Kier molecular flexibility index (Phi) is 10.2. The fourth-order valence-corrected chi connectivity index (χ4v) is 6.98. The van der Waals surface area contributed by atoms with Crippen LogP contribution in [-0.2, 0) is 17.4 Å². The van der Waals surface area contributed by atoms with Crippen molar-refractivity contribution >= 4 is 34.3 Å². The van der Waals surface area contributed by atoms with Crippen molar-refractivity contribution < 1.29 is 27.1 Å². The van der Waals surface area contributed by atoms with Crippen molar-refractivity contribution in [3.8, 4) is 11.8 Å². The molecular formula is C27H33ClF4N4O2S. The zero-order valence-corrected chi connectivity index (χ0v) is 23.5. The molecule has 2 saturated heterocycles. The smallest absolute Gasteiger partial charge is 0.417 e. The van der Waals surface area contributed by atoms with Crippen LogP contribution in [-0.4, -0.2) is 37.0 Å². The minimum absolute atomic E-state index is 0. The predicted molar refractivity (Wildman–Crippen MR) is 147 cm³/mol. The predicted octanol–water partition coefficient (Wildman–Crippen LogP) is 5.88. The van der Waals surface area contributed by atoms with Crippen LogP contribution in [0.2, 0.25) is 0 Å². The molecule has 0 aliphatic carbocycles. The summed E-state index contributed by atoms with van der Waals surface area (Å²) in [6.45, 7) is 5.34. The van der Waals surface area contributed by atoms with E-state index in [4.69, 9.17) is 10.00 Å². The van der Waals surface area contributed by atoms with Crippen molar-refractivity contribution in [1.29, 1.82) is 5.26 Å². The molecule has 0 amide bonds. The minimum atomic E-state index is -4.72. The number of rotatable bonds is 8. The van der Waals surface area contributed by atoms with Gasteiger partial charge in [0.1, 0.15) is 11.3 Å². The number of hydrogen-bond acceptors (Lipinski definition) is 6. The molecule has 39 heavy (non-hydrogen) atoms. The van der Waals surface area contributed by atoms with E-state index in [0.717, 1.165) is 44.5 Å². The van der Waals surface area contributed by atoms with E-state index in [0.29, 0.717) is 29.5 Å². The third kappa shape index (κ3) is 6.80. The number of nitriles is 1. The standard InChI is InChI=1S/C27H32F4N4O2S.ClH/c1-26(2)25(36)38(22-5-3-20(17-32)23(16-22)27(29,30)31)34-35(26)21-4-6-24(19(15-21)7-11-28)37-14-10-18-8-12-33-13-9-18;/h3-6,15-16,18,33-34,38H,7-14H2,1-2H3;1H. The first kappa shape index (κ1) is 31.0. The third-order valence-electron chi connectivity index (χ3n) is 7.08. The number of thiol groups is 1. The molecule has 2 N–H and O–H groups in total. The Morgan fingerprint density at radius 2 is 1.90 bits per heavy atom. The summed E-state index contributed by atoms with van der Waals surface area (Å²) in [5.74, 6) is 1.19. The quantitative estimate of drug-likeness (QED) is 0.264. The maximum Gasteiger partial charge on any atom is 0.417 e. The Hall–Kier alpha value is -2.52. The largest absolute Gasteiger partial charge is 0.493 e. The van der Waals surface area contributed by atoms with Gasteiger partial charge in [0.05, 0.1) is 36.2 Å². The third-order valence-corrected chi connectivity index (χ3v) is 9.23. The average molecular weight is 589 g/mol. The number of benzene rings is 2. The number of anilines is 1. The summed E-state index contributed by atoms with van der Waals surface area (Å²) in [5.41, 5.74) is -1.39. The van der Waals surface area contributed by atoms with E-state index in [9.17, 15) is 22.4 Å². The number of carbonyl (C=O) groups excluding carboxylic acids is 1. The van der Waals surface area contributed by atoms with Gasteiger partial charge in [-0.25, -0.2) is 0 Å². The van der Waals surface area contributed by atoms with Crippen LogP contribution in [0.5, 0.6) is 5.75 Å². The van der Waals surface area contributed by atoms with Crippen molar-refractivity contribution in [1.82, 2.24) is 10.1 Å². The number of alkyl halides is 4. The van der Waals surface area contributed by atoms with Gasteiger partial charge in [0, 0.05) is 11.3 Å². The Bertz CT molecular complexity index is 1220. The van der Waals surface area contributed by atoms with Gasteiger partial charge < -0.3 is 10.1 Å². The van der Waals surface area contributed by atoms with E-state index in [1.165, 1.54) is 6.07 Å². The molecule has 2 aliphatic rings. The summed E-state index contributed by atoms with van der Waals surface area (Å²) in [6.07, 6.45) is -1.45. The van der Waals surface area contributed by atoms with E-state index in [1.54, 1.807) is 43.1 Å². The zero-order valence-electron chi connectivity index (χ0n) is 21.8. The molecule has 0 aromatic heterocycles. The molecule has 1 unspecified atom stereocenters. The summed E-state index contributed by atoms with van der Waals surface area (Å²) in [6, 6.07) is 10.2. The van der Waals surface area contributed by atoms with Crippen molar-refractivity contribution in [2.45, 2.75) is 56.1 Å². The molecule has 0 saturated carbocycles. The van der Waals surface area contributed by atoms with Gasteiger partial charge in [-0.3, -0.25) is 14.2 Å². The molecule has 0 spiro atoms. The molecule has 4 rings (SSSR count). The van der Waals surface area contributed by atoms with Gasteiger partial charge in [-0.1, -0.05) is 11.1 Å². The Balaban J connectivity index is 0.00000420. The highest BCUT2D eigenvalue weighted by Crippen LogP contribution is 2.48. The summed E-state index contributed by atoms with van der Waals surface area (Å²) in [5, 5.41) is 13.8. The molecule has 214 valence electrons. The lowest BCUT2D eigenvalue weighted by Gasteiger charge is -2.31. The van der Waals surface area contributed by atoms with E-state index >= 15 is 0 Å². The molecule has 12 heteroatoms. The number of nitrogens with one attached hydrogen (secondary N) is 2.